The molecule has 0 saturated carbocycles. The molecule has 1 N–H and O–H groups in total. The number of aryl methyl sites for hydroxylation is 1. The summed E-state index contributed by atoms with van der Waals surface area (Å²) >= 11 is 1.53. The van der Waals surface area contributed by atoms with Crippen molar-refractivity contribution in [2.24, 2.45) is 0 Å². The Labute approximate surface area is 164 Å². The number of benzene rings is 1. The molecular formula is C20H26N2O4S. The molecule has 1 amide bonds. The molecule has 1 fully saturated rings. The highest BCUT2D eigenvalue weighted by Crippen LogP contribution is 2.26. The van der Waals surface area contributed by atoms with Gasteiger partial charge in [-0.2, -0.15) is 0 Å². The number of nitrogens with one attached hydrogen (secondary N) is 1. The Bertz CT molecular complexity index is 739. The van der Waals surface area contributed by atoms with Crippen molar-refractivity contribution in [2.75, 3.05) is 25.5 Å². The van der Waals surface area contributed by atoms with E-state index >= 15 is 0 Å². The Morgan fingerprint density at radius 1 is 1.37 bits per heavy atom. The Kier molecular flexibility index (Phi) is 7.18. The molecule has 0 spiro atoms. The fraction of sp³-hybridized carbons (Fsp3) is 0.500. The van der Waals surface area contributed by atoms with Gasteiger partial charge in [-0.1, -0.05) is 0 Å². The van der Waals surface area contributed by atoms with Gasteiger partial charge < -0.3 is 19.2 Å². The van der Waals surface area contributed by atoms with Crippen molar-refractivity contribution in [1.29, 1.82) is 0 Å². The van der Waals surface area contributed by atoms with Crippen molar-refractivity contribution < 1.29 is 18.7 Å². The summed E-state index contributed by atoms with van der Waals surface area (Å²) < 4.78 is 16.8. The number of amides is 1. The van der Waals surface area contributed by atoms with Gasteiger partial charge >= 0.3 is 0 Å². The average Bonchev–Trinajstić information content (AvgIpc) is 3.31. The monoisotopic (exact) mass is 390 g/mol. The van der Waals surface area contributed by atoms with Crippen LogP contribution in [0.5, 0.6) is 5.75 Å². The van der Waals surface area contributed by atoms with Gasteiger partial charge in [0.05, 0.1) is 24.2 Å². The van der Waals surface area contributed by atoms with Gasteiger partial charge in [0.1, 0.15) is 11.5 Å². The number of carbonyl (C=O) groups is 1. The van der Waals surface area contributed by atoms with E-state index < -0.39 is 0 Å². The number of ether oxygens (including phenoxy) is 2. The summed E-state index contributed by atoms with van der Waals surface area (Å²) in [6.07, 6.45) is 2.28. The fourth-order valence-corrected chi connectivity index (χ4v) is 3.72. The quantitative estimate of drug-likeness (QED) is 0.706. The highest BCUT2D eigenvalue weighted by Gasteiger charge is 2.16. The van der Waals surface area contributed by atoms with E-state index in [1.165, 1.54) is 11.8 Å². The van der Waals surface area contributed by atoms with E-state index in [0.29, 0.717) is 30.5 Å². The predicted molar refractivity (Wildman–Crippen MR) is 106 cm³/mol. The zero-order chi connectivity index (χ0) is 19.1. The van der Waals surface area contributed by atoms with Crippen molar-refractivity contribution >= 4 is 17.7 Å². The molecule has 27 heavy (non-hydrogen) atoms. The van der Waals surface area contributed by atoms with Gasteiger partial charge in [0.2, 0.25) is 11.8 Å². The number of nitrogens with zero attached hydrogens (tertiary/aromatic N) is 1. The van der Waals surface area contributed by atoms with E-state index in [0.717, 1.165) is 42.2 Å². The first-order valence-corrected chi connectivity index (χ1v) is 10.5. The van der Waals surface area contributed by atoms with E-state index in [9.17, 15) is 4.79 Å². The summed E-state index contributed by atoms with van der Waals surface area (Å²) in [7, 11) is 0. The molecule has 6 nitrogen and oxygen atoms in total. The molecule has 2 aromatic rings. The molecule has 1 aromatic carbocycles. The zero-order valence-corrected chi connectivity index (χ0v) is 16.6. The van der Waals surface area contributed by atoms with E-state index in [4.69, 9.17) is 13.9 Å². The van der Waals surface area contributed by atoms with Gasteiger partial charge in [-0.05, 0) is 51.0 Å². The second-order valence-corrected chi connectivity index (χ2v) is 7.40. The Morgan fingerprint density at radius 3 is 2.89 bits per heavy atom. The Morgan fingerprint density at radius 2 is 2.19 bits per heavy atom. The smallest absolute Gasteiger partial charge is 0.230 e. The number of rotatable bonds is 9. The van der Waals surface area contributed by atoms with Crippen LogP contribution in [0.3, 0.4) is 0 Å². The minimum absolute atomic E-state index is 0.0309. The molecular weight excluding hydrogens is 364 g/mol. The minimum atomic E-state index is 0.0309. The summed E-state index contributed by atoms with van der Waals surface area (Å²) in [6.45, 7) is 5.90. The fourth-order valence-electron chi connectivity index (χ4n) is 2.87. The number of oxazole rings is 1. The maximum absolute atomic E-state index is 11.9. The SMILES string of the molecule is CCOc1ccc(-c2nc(CSCC(=O)NC[C@@H]3CCCO3)c(C)o2)cc1. The van der Waals surface area contributed by atoms with Crippen LogP contribution < -0.4 is 10.1 Å². The standard InChI is InChI=1S/C20H26N2O4S/c1-3-24-16-8-6-15(7-9-16)20-22-18(14(2)26-20)12-27-13-19(23)21-11-17-5-4-10-25-17/h6-9,17H,3-5,10-13H2,1-2H3,(H,21,23)/t17-/m0/s1. The maximum atomic E-state index is 11.9. The average molecular weight is 391 g/mol. The molecule has 0 radical (unpaired) electrons. The second kappa shape index (κ2) is 9.80. The third-order valence-electron chi connectivity index (χ3n) is 4.33. The number of aromatic nitrogens is 1. The third-order valence-corrected chi connectivity index (χ3v) is 5.27. The third kappa shape index (κ3) is 5.74. The summed E-state index contributed by atoms with van der Waals surface area (Å²) in [6, 6.07) is 7.69. The summed E-state index contributed by atoms with van der Waals surface area (Å²) in [5, 5.41) is 2.93. The highest BCUT2D eigenvalue weighted by atomic mass is 32.2. The lowest BCUT2D eigenvalue weighted by atomic mass is 10.2. The number of hydrogen-bond acceptors (Lipinski definition) is 6. The Hall–Kier alpha value is -1.99. The number of carbonyl (C=O) groups excluding carboxylic acids is 1. The van der Waals surface area contributed by atoms with Gasteiger partial charge in [-0.15, -0.1) is 11.8 Å². The van der Waals surface area contributed by atoms with Crippen LogP contribution in [0, 0.1) is 6.92 Å². The molecule has 1 saturated heterocycles. The first kappa shape index (κ1) is 19.8. The van der Waals surface area contributed by atoms with Crippen molar-refractivity contribution in [2.45, 2.75) is 38.5 Å². The largest absolute Gasteiger partial charge is 0.494 e. The molecule has 0 bridgehead atoms. The normalized spacial score (nSPS) is 16.4. The van der Waals surface area contributed by atoms with Crippen molar-refractivity contribution in [3.05, 3.63) is 35.7 Å². The van der Waals surface area contributed by atoms with Crippen LogP contribution in [0.15, 0.2) is 28.7 Å². The molecule has 1 aromatic heterocycles. The maximum Gasteiger partial charge on any atom is 0.230 e. The highest BCUT2D eigenvalue weighted by molar-refractivity contribution is 7.99. The van der Waals surface area contributed by atoms with Crippen molar-refractivity contribution in [3.8, 4) is 17.2 Å². The molecule has 3 rings (SSSR count). The van der Waals surface area contributed by atoms with E-state index in [2.05, 4.69) is 10.3 Å². The van der Waals surface area contributed by atoms with Crippen LogP contribution in [0.1, 0.15) is 31.2 Å². The van der Waals surface area contributed by atoms with E-state index in [1.807, 2.05) is 38.1 Å². The van der Waals surface area contributed by atoms with Gasteiger partial charge in [-0.3, -0.25) is 4.79 Å². The molecule has 1 aliphatic rings. The Balaban J connectivity index is 1.47. The van der Waals surface area contributed by atoms with Gasteiger partial charge in [-0.25, -0.2) is 4.98 Å². The van der Waals surface area contributed by atoms with Gasteiger partial charge in [0.25, 0.3) is 0 Å². The molecule has 146 valence electrons. The van der Waals surface area contributed by atoms with Crippen molar-refractivity contribution in [1.82, 2.24) is 10.3 Å². The van der Waals surface area contributed by atoms with Crippen LogP contribution in [-0.4, -0.2) is 42.5 Å². The summed E-state index contributed by atoms with van der Waals surface area (Å²) in [5.41, 5.74) is 1.78. The van der Waals surface area contributed by atoms with Crippen LogP contribution >= 0.6 is 11.8 Å². The van der Waals surface area contributed by atoms with E-state index in [1.54, 1.807) is 0 Å². The zero-order valence-electron chi connectivity index (χ0n) is 15.8. The molecule has 1 atom stereocenters. The molecule has 7 heteroatoms. The molecule has 0 aliphatic carbocycles. The van der Waals surface area contributed by atoms with Crippen LogP contribution in [0.2, 0.25) is 0 Å². The second-order valence-electron chi connectivity index (χ2n) is 6.41. The van der Waals surface area contributed by atoms with Crippen molar-refractivity contribution in [3.63, 3.8) is 0 Å². The first-order chi connectivity index (χ1) is 13.2. The topological polar surface area (TPSA) is 73.6 Å². The molecule has 0 unspecified atom stereocenters. The van der Waals surface area contributed by atoms with Crippen LogP contribution in [-0.2, 0) is 15.3 Å². The van der Waals surface area contributed by atoms with E-state index in [-0.39, 0.29) is 12.0 Å². The van der Waals surface area contributed by atoms with Gasteiger partial charge in [0.15, 0.2) is 0 Å². The van der Waals surface area contributed by atoms with Crippen LogP contribution in [0.25, 0.3) is 11.5 Å². The van der Waals surface area contributed by atoms with Crippen LogP contribution in [0.4, 0.5) is 0 Å². The lowest BCUT2D eigenvalue weighted by molar-refractivity contribution is -0.119. The van der Waals surface area contributed by atoms with Gasteiger partial charge in [0, 0.05) is 24.5 Å². The lowest BCUT2D eigenvalue weighted by Crippen LogP contribution is -2.32. The molecule has 1 aliphatic heterocycles. The number of thioether (sulfide) groups is 1. The minimum Gasteiger partial charge on any atom is -0.494 e. The first-order valence-electron chi connectivity index (χ1n) is 9.31. The molecule has 2 heterocycles. The summed E-state index contributed by atoms with van der Waals surface area (Å²) in [4.78, 5) is 16.5. The number of hydrogen-bond donors (Lipinski definition) is 1. The predicted octanol–water partition coefficient (Wildman–Crippen LogP) is 3.58. The summed E-state index contributed by atoms with van der Waals surface area (Å²) in [5.74, 6) is 3.27. The lowest BCUT2D eigenvalue weighted by Gasteiger charge is -2.10.